The van der Waals surface area contributed by atoms with Crippen LogP contribution in [0.15, 0.2) is 29.3 Å². The highest BCUT2D eigenvalue weighted by atomic mass is 127. The third-order valence-corrected chi connectivity index (χ3v) is 4.09. The van der Waals surface area contributed by atoms with Gasteiger partial charge in [-0.15, -0.1) is 24.0 Å². The molecular weight excluding hydrogens is 441 g/mol. The Labute approximate surface area is 166 Å². The second-order valence-electron chi connectivity index (χ2n) is 5.48. The molecular formula is C17H27ClIN3O2. The number of benzene rings is 1. The van der Waals surface area contributed by atoms with Crippen molar-refractivity contribution < 1.29 is 9.47 Å². The third-order valence-electron chi connectivity index (χ3n) is 3.72. The molecule has 1 heterocycles. The summed E-state index contributed by atoms with van der Waals surface area (Å²) < 4.78 is 11.0. The van der Waals surface area contributed by atoms with Crippen LogP contribution < -0.4 is 10.6 Å². The van der Waals surface area contributed by atoms with Gasteiger partial charge in [0.15, 0.2) is 5.96 Å². The fraction of sp³-hybridized carbons (Fsp3) is 0.588. The Morgan fingerprint density at radius 1 is 1.33 bits per heavy atom. The molecule has 1 aromatic rings. The van der Waals surface area contributed by atoms with Crippen molar-refractivity contribution in [3.63, 3.8) is 0 Å². The summed E-state index contributed by atoms with van der Waals surface area (Å²) in [6.45, 7) is 3.93. The van der Waals surface area contributed by atoms with Crippen LogP contribution in [-0.4, -0.2) is 52.0 Å². The molecule has 2 rings (SSSR count). The second-order valence-corrected chi connectivity index (χ2v) is 5.88. The van der Waals surface area contributed by atoms with Gasteiger partial charge in [0.2, 0.25) is 0 Å². The number of nitrogens with one attached hydrogen (secondary N) is 2. The molecule has 0 spiro atoms. The smallest absolute Gasteiger partial charge is 0.190 e. The Hall–Kier alpha value is -0.570. The van der Waals surface area contributed by atoms with E-state index in [1.54, 1.807) is 7.05 Å². The Bertz CT molecular complexity index is 496. The van der Waals surface area contributed by atoms with Crippen LogP contribution in [0.25, 0.3) is 0 Å². The van der Waals surface area contributed by atoms with Crippen molar-refractivity contribution in [2.75, 3.05) is 40.0 Å². The van der Waals surface area contributed by atoms with Gasteiger partial charge in [0.1, 0.15) is 0 Å². The lowest BCUT2D eigenvalue weighted by Gasteiger charge is -2.13. The zero-order valence-electron chi connectivity index (χ0n) is 14.1. The molecule has 136 valence electrons. The SMILES string of the molecule is CN=C(NCCCOC1CCOC1)NCCc1ccccc1Cl.I. The Morgan fingerprint density at radius 2 is 2.12 bits per heavy atom. The number of aliphatic imine (C=N–C) groups is 1. The lowest BCUT2D eigenvalue weighted by atomic mass is 10.1. The molecule has 1 unspecified atom stereocenters. The van der Waals surface area contributed by atoms with E-state index in [0.717, 1.165) is 68.7 Å². The van der Waals surface area contributed by atoms with Gasteiger partial charge in [0, 0.05) is 38.4 Å². The topological polar surface area (TPSA) is 54.9 Å². The fourth-order valence-corrected chi connectivity index (χ4v) is 2.64. The van der Waals surface area contributed by atoms with Gasteiger partial charge in [0.05, 0.1) is 12.7 Å². The van der Waals surface area contributed by atoms with E-state index in [2.05, 4.69) is 15.6 Å². The Balaban J connectivity index is 0.00000288. The van der Waals surface area contributed by atoms with Crippen molar-refractivity contribution in [2.45, 2.75) is 25.4 Å². The molecule has 2 N–H and O–H groups in total. The Morgan fingerprint density at radius 3 is 2.83 bits per heavy atom. The molecule has 0 aromatic heterocycles. The van der Waals surface area contributed by atoms with E-state index in [1.165, 1.54) is 0 Å². The lowest BCUT2D eigenvalue weighted by Crippen LogP contribution is -2.39. The quantitative estimate of drug-likeness (QED) is 0.267. The van der Waals surface area contributed by atoms with Gasteiger partial charge in [-0.2, -0.15) is 0 Å². The molecule has 1 saturated heterocycles. The highest BCUT2D eigenvalue weighted by Crippen LogP contribution is 2.14. The van der Waals surface area contributed by atoms with Crippen LogP contribution in [0.5, 0.6) is 0 Å². The van der Waals surface area contributed by atoms with Crippen molar-refractivity contribution >= 4 is 41.5 Å². The van der Waals surface area contributed by atoms with Gasteiger partial charge >= 0.3 is 0 Å². The summed E-state index contributed by atoms with van der Waals surface area (Å²) in [6, 6.07) is 7.91. The highest BCUT2D eigenvalue weighted by molar-refractivity contribution is 14.0. The molecule has 0 radical (unpaired) electrons. The predicted molar refractivity (Wildman–Crippen MR) is 110 cm³/mol. The monoisotopic (exact) mass is 467 g/mol. The van der Waals surface area contributed by atoms with E-state index in [4.69, 9.17) is 21.1 Å². The maximum absolute atomic E-state index is 6.15. The van der Waals surface area contributed by atoms with Crippen molar-refractivity contribution in [1.82, 2.24) is 10.6 Å². The number of nitrogens with zero attached hydrogens (tertiary/aromatic N) is 1. The largest absolute Gasteiger partial charge is 0.379 e. The zero-order chi connectivity index (χ0) is 16.3. The summed E-state index contributed by atoms with van der Waals surface area (Å²) in [5.74, 6) is 0.807. The van der Waals surface area contributed by atoms with E-state index in [-0.39, 0.29) is 30.1 Å². The minimum atomic E-state index is 0. The number of hydrogen-bond donors (Lipinski definition) is 2. The van der Waals surface area contributed by atoms with Crippen LogP contribution in [0.4, 0.5) is 0 Å². The van der Waals surface area contributed by atoms with Crippen LogP contribution in [0.1, 0.15) is 18.4 Å². The fourth-order valence-electron chi connectivity index (χ4n) is 2.41. The molecule has 5 nitrogen and oxygen atoms in total. The van der Waals surface area contributed by atoms with Gasteiger partial charge in [0.25, 0.3) is 0 Å². The van der Waals surface area contributed by atoms with Crippen LogP contribution in [0.2, 0.25) is 5.02 Å². The van der Waals surface area contributed by atoms with Gasteiger partial charge in [-0.05, 0) is 30.9 Å². The van der Waals surface area contributed by atoms with Crippen molar-refractivity contribution in [2.24, 2.45) is 4.99 Å². The van der Waals surface area contributed by atoms with E-state index in [9.17, 15) is 0 Å². The van der Waals surface area contributed by atoms with Crippen LogP contribution in [-0.2, 0) is 15.9 Å². The minimum Gasteiger partial charge on any atom is -0.379 e. The second kappa shape index (κ2) is 12.7. The zero-order valence-corrected chi connectivity index (χ0v) is 17.2. The molecule has 0 amide bonds. The third kappa shape index (κ3) is 8.00. The van der Waals surface area contributed by atoms with Gasteiger partial charge in [-0.1, -0.05) is 29.8 Å². The van der Waals surface area contributed by atoms with E-state index >= 15 is 0 Å². The standard InChI is InChI=1S/C17H26ClN3O2.HI/c1-19-17(20-9-4-11-23-15-8-12-22-13-15)21-10-7-14-5-2-3-6-16(14)18;/h2-3,5-6,15H,4,7-13H2,1H3,(H2,19,20,21);1H. The molecule has 7 heteroatoms. The molecule has 0 aliphatic carbocycles. The predicted octanol–water partition coefficient (Wildman–Crippen LogP) is 2.86. The molecule has 0 bridgehead atoms. The van der Waals surface area contributed by atoms with Crippen LogP contribution in [0, 0.1) is 0 Å². The van der Waals surface area contributed by atoms with Crippen LogP contribution >= 0.6 is 35.6 Å². The molecule has 1 aromatic carbocycles. The average molecular weight is 468 g/mol. The summed E-state index contributed by atoms with van der Waals surface area (Å²) in [5, 5.41) is 7.40. The first-order valence-corrected chi connectivity index (χ1v) is 8.54. The minimum absolute atomic E-state index is 0. The van der Waals surface area contributed by atoms with E-state index < -0.39 is 0 Å². The van der Waals surface area contributed by atoms with Gasteiger partial charge < -0.3 is 20.1 Å². The van der Waals surface area contributed by atoms with Crippen molar-refractivity contribution in [3.8, 4) is 0 Å². The lowest BCUT2D eigenvalue weighted by molar-refractivity contribution is 0.0420. The average Bonchev–Trinajstić information content (AvgIpc) is 3.08. The number of rotatable bonds is 8. The maximum Gasteiger partial charge on any atom is 0.190 e. The first kappa shape index (κ1) is 21.5. The first-order chi connectivity index (χ1) is 11.3. The Kier molecular flexibility index (Phi) is 11.4. The summed E-state index contributed by atoms with van der Waals surface area (Å²) in [7, 11) is 1.77. The first-order valence-electron chi connectivity index (χ1n) is 8.17. The van der Waals surface area contributed by atoms with Gasteiger partial charge in [-0.25, -0.2) is 0 Å². The number of guanidine groups is 1. The number of ether oxygens (including phenoxy) is 2. The normalized spacial score (nSPS) is 17.4. The van der Waals surface area contributed by atoms with Gasteiger partial charge in [-0.3, -0.25) is 4.99 Å². The summed E-state index contributed by atoms with van der Waals surface area (Å²) in [4.78, 5) is 4.22. The molecule has 1 atom stereocenters. The van der Waals surface area contributed by atoms with Crippen molar-refractivity contribution in [3.05, 3.63) is 34.9 Å². The highest BCUT2D eigenvalue weighted by Gasteiger charge is 2.15. The number of halogens is 2. The molecule has 1 aliphatic heterocycles. The van der Waals surface area contributed by atoms with E-state index in [0.29, 0.717) is 0 Å². The molecule has 1 aliphatic rings. The summed E-state index contributed by atoms with van der Waals surface area (Å²) in [5.41, 5.74) is 1.14. The molecule has 1 fully saturated rings. The summed E-state index contributed by atoms with van der Waals surface area (Å²) >= 11 is 6.15. The number of hydrogen-bond acceptors (Lipinski definition) is 3. The summed E-state index contributed by atoms with van der Waals surface area (Å²) in [6.07, 6.45) is 3.11. The molecule has 24 heavy (non-hydrogen) atoms. The molecule has 0 saturated carbocycles. The maximum atomic E-state index is 6.15. The van der Waals surface area contributed by atoms with Crippen molar-refractivity contribution in [1.29, 1.82) is 0 Å². The van der Waals surface area contributed by atoms with E-state index in [1.807, 2.05) is 24.3 Å². The van der Waals surface area contributed by atoms with Crippen LogP contribution in [0.3, 0.4) is 0 Å².